The van der Waals surface area contributed by atoms with Gasteiger partial charge in [-0.15, -0.1) is 0 Å². The molecule has 2 heterocycles. The lowest BCUT2D eigenvalue weighted by atomic mass is 9.83. The number of rotatable bonds is 7. The first-order valence-electron chi connectivity index (χ1n) is 12.1. The van der Waals surface area contributed by atoms with Gasteiger partial charge >= 0.3 is 0 Å². The number of likely N-dealkylation sites (tertiary alicyclic amines) is 1. The fourth-order valence-corrected chi connectivity index (χ4v) is 5.27. The van der Waals surface area contributed by atoms with Crippen LogP contribution in [0, 0.1) is 11.8 Å². The van der Waals surface area contributed by atoms with Crippen molar-refractivity contribution in [1.82, 2.24) is 10.2 Å². The first kappa shape index (κ1) is 21.4. The Balaban J connectivity index is 1.17. The zero-order valence-electron chi connectivity index (χ0n) is 18.7. The van der Waals surface area contributed by atoms with Crippen LogP contribution in [0.2, 0.25) is 0 Å². The lowest BCUT2D eigenvalue weighted by Crippen LogP contribution is -2.40. The number of carbonyl (C=O) groups is 1. The molecule has 30 heavy (non-hydrogen) atoms. The van der Waals surface area contributed by atoms with Gasteiger partial charge in [0.1, 0.15) is 5.58 Å². The Kier molecular flexibility index (Phi) is 7.14. The minimum absolute atomic E-state index is 0.144. The molecular weight excluding hydrogens is 372 g/mol. The maximum Gasteiger partial charge on any atom is 0.223 e. The van der Waals surface area contributed by atoms with Crippen LogP contribution < -0.4 is 5.32 Å². The second-order valence-electron chi connectivity index (χ2n) is 9.63. The number of para-hydroxylation sites is 1. The smallest absolute Gasteiger partial charge is 0.223 e. The van der Waals surface area contributed by atoms with Crippen LogP contribution in [0.15, 0.2) is 34.9 Å². The number of hydrogen-bond acceptors (Lipinski definition) is 3. The molecule has 164 valence electrons. The number of amides is 1. The SMILES string of the molecule is CC[C@H](C)C(=O)NC1CCC(CCN2CCC(c3coc4ccccc34)CC2)CC1. The van der Waals surface area contributed by atoms with Crippen LogP contribution in [-0.2, 0) is 4.79 Å². The van der Waals surface area contributed by atoms with E-state index in [1.807, 2.05) is 19.3 Å². The van der Waals surface area contributed by atoms with E-state index in [1.54, 1.807) is 0 Å². The molecule has 1 aromatic carbocycles. The summed E-state index contributed by atoms with van der Waals surface area (Å²) in [6, 6.07) is 8.83. The number of hydrogen-bond donors (Lipinski definition) is 1. The van der Waals surface area contributed by atoms with Crippen molar-refractivity contribution in [2.24, 2.45) is 11.8 Å². The van der Waals surface area contributed by atoms with Gasteiger partial charge in [0.05, 0.1) is 6.26 Å². The molecule has 1 saturated heterocycles. The van der Waals surface area contributed by atoms with E-state index in [1.165, 1.54) is 62.7 Å². The number of benzene rings is 1. The predicted octanol–water partition coefficient (Wildman–Crippen LogP) is 5.72. The van der Waals surface area contributed by atoms with Crippen LogP contribution in [0.25, 0.3) is 11.0 Å². The predicted molar refractivity (Wildman–Crippen MR) is 123 cm³/mol. The molecular formula is C26H38N2O2. The van der Waals surface area contributed by atoms with Crippen molar-refractivity contribution in [2.75, 3.05) is 19.6 Å². The number of piperidine rings is 1. The molecule has 0 radical (unpaired) electrons. The summed E-state index contributed by atoms with van der Waals surface area (Å²) in [5, 5.41) is 4.57. The minimum atomic E-state index is 0.144. The van der Waals surface area contributed by atoms with Crippen LogP contribution in [0.5, 0.6) is 0 Å². The van der Waals surface area contributed by atoms with Crippen molar-refractivity contribution in [3.05, 3.63) is 36.1 Å². The van der Waals surface area contributed by atoms with Crippen molar-refractivity contribution in [3.8, 4) is 0 Å². The Labute approximate surface area is 181 Å². The molecule has 2 aromatic rings. The van der Waals surface area contributed by atoms with Gasteiger partial charge in [0.2, 0.25) is 5.91 Å². The molecule has 4 rings (SSSR count). The molecule has 1 saturated carbocycles. The van der Waals surface area contributed by atoms with Gasteiger partial charge in [-0.3, -0.25) is 4.79 Å². The highest BCUT2D eigenvalue weighted by molar-refractivity contribution is 5.81. The largest absolute Gasteiger partial charge is 0.464 e. The lowest BCUT2D eigenvalue weighted by Gasteiger charge is -2.34. The van der Waals surface area contributed by atoms with Gasteiger partial charge < -0.3 is 14.6 Å². The first-order valence-corrected chi connectivity index (χ1v) is 12.1. The molecule has 1 N–H and O–H groups in total. The van der Waals surface area contributed by atoms with Crippen LogP contribution >= 0.6 is 0 Å². The molecule has 1 amide bonds. The first-order chi connectivity index (χ1) is 14.6. The average Bonchev–Trinajstić information content (AvgIpc) is 3.22. The van der Waals surface area contributed by atoms with Crippen molar-refractivity contribution in [2.45, 2.75) is 77.2 Å². The van der Waals surface area contributed by atoms with Crippen LogP contribution in [0.3, 0.4) is 0 Å². The summed E-state index contributed by atoms with van der Waals surface area (Å²) in [7, 11) is 0. The molecule has 0 unspecified atom stereocenters. The molecule has 0 bridgehead atoms. The average molecular weight is 411 g/mol. The van der Waals surface area contributed by atoms with Gasteiger partial charge in [-0.2, -0.15) is 0 Å². The van der Waals surface area contributed by atoms with E-state index < -0.39 is 0 Å². The molecule has 0 spiro atoms. The van der Waals surface area contributed by atoms with E-state index in [9.17, 15) is 4.79 Å². The van der Waals surface area contributed by atoms with Gasteiger partial charge in [0.25, 0.3) is 0 Å². The summed E-state index contributed by atoms with van der Waals surface area (Å²) in [5.41, 5.74) is 2.42. The number of furan rings is 1. The van der Waals surface area contributed by atoms with E-state index in [-0.39, 0.29) is 11.8 Å². The molecule has 4 nitrogen and oxygen atoms in total. The van der Waals surface area contributed by atoms with Crippen molar-refractivity contribution in [1.29, 1.82) is 0 Å². The van der Waals surface area contributed by atoms with Crippen LogP contribution in [0.4, 0.5) is 0 Å². The van der Waals surface area contributed by atoms with Crippen LogP contribution in [-0.4, -0.2) is 36.5 Å². The standard InChI is InChI=1S/C26H38N2O2/c1-3-19(2)26(29)27-22-10-8-20(9-11-22)12-15-28-16-13-21(14-17-28)24-18-30-25-7-5-4-6-23(24)25/h4-7,18-22H,3,8-17H2,1-2H3,(H,27,29)/t19-,20?,22?/m0/s1. The van der Waals surface area contributed by atoms with E-state index >= 15 is 0 Å². The maximum absolute atomic E-state index is 12.1. The van der Waals surface area contributed by atoms with E-state index in [2.05, 4.69) is 35.3 Å². The highest BCUT2D eigenvalue weighted by atomic mass is 16.3. The quantitative estimate of drug-likeness (QED) is 0.634. The van der Waals surface area contributed by atoms with Gasteiger partial charge in [-0.1, -0.05) is 32.0 Å². The minimum Gasteiger partial charge on any atom is -0.464 e. The molecule has 1 aliphatic carbocycles. The fourth-order valence-electron chi connectivity index (χ4n) is 5.27. The highest BCUT2D eigenvalue weighted by Gasteiger charge is 2.26. The number of carbonyl (C=O) groups excluding carboxylic acids is 1. The van der Waals surface area contributed by atoms with Crippen molar-refractivity contribution < 1.29 is 9.21 Å². The van der Waals surface area contributed by atoms with E-state index in [0.29, 0.717) is 12.0 Å². The molecule has 1 aromatic heterocycles. The van der Waals surface area contributed by atoms with Crippen molar-refractivity contribution in [3.63, 3.8) is 0 Å². The summed E-state index contributed by atoms with van der Waals surface area (Å²) in [5.74, 6) is 1.85. The Morgan fingerprint density at radius 1 is 1.13 bits per heavy atom. The number of nitrogens with zero attached hydrogens (tertiary/aromatic N) is 1. The zero-order chi connectivity index (χ0) is 20.9. The summed E-state index contributed by atoms with van der Waals surface area (Å²) in [6.45, 7) is 7.74. The fraction of sp³-hybridized carbons (Fsp3) is 0.654. The Hall–Kier alpha value is -1.81. The molecule has 2 aliphatic rings. The van der Waals surface area contributed by atoms with Gasteiger partial charge in [-0.05, 0) is 88.9 Å². The van der Waals surface area contributed by atoms with E-state index in [0.717, 1.165) is 30.8 Å². The lowest BCUT2D eigenvalue weighted by molar-refractivity contribution is -0.125. The third-order valence-electron chi connectivity index (χ3n) is 7.64. The monoisotopic (exact) mass is 410 g/mol. The maximum atomic E-state index is 12.1. The second kappa shape index (κ2) is 10.00. The van der Waals surface area contributed by atoms with E-state index in [4.69, 9.17) is 4.42 Å². The van der Waals surface area contributed by atoms with Gasteiger partial charge in [-0.25, -0.2) is 0 Å². The molecule has 4 heteroatoms. The third kappa shape index (κ3) is 5.08. The zero-order valence-corrected chi connectivity index (χ0v) is 18.7. The number of nitrogens with one attached hydrogen (secondary N) is 1. The Morgan fingerprint density at radius 2 is 1.87 bits per heavy atom. The normalized spacial score (nSPS) is 24.7. The Morgan fingerprint density at radius 3 is 2.60 bits per heavy atom. The molecule has 2 fully saturated rings. The third-order valence-corrected chi connectivity index (χ3v) is 7.64. The summed E-state index contributed by atoms with van der Waals surface area (Å²) < 4.78 is 5.77. The second-order valence-corrected chi connectivity index (χ2v) is 9.63. The summed E-state index contributed by atoms with van der Waals surface area (Å²) >= 11 is 0. The van der Waals surface area contributed by atoms with Crippen molar-refractivity contribution >= 4 is 16.9 Å². The van der Waals surface area contributed by atoms with Crippen LogP contribution in [0.1, 0.15) is 76.7 Å². The summed E-state index contributed by atoms with van der Waals surface area (Å²) in [6.07, 6.45) is 11.5. The van der Waals surface area contributed by atoms with Gasteiger partial charge in [0.15, 0.2) is 0 Å². The number of fused-ring (bicyclic) bond motifs is 1. The molecule has 1 aliphatic heterocycles. The topological polar surface area (TPSA) is 45.5 Å². The highest BCUT2D eigenvalue weighted by Crippen LogP contribution is 2.35. The summed E-state index contributed by atoms with van der Waals surface area (Å²) in [4.78, 5) is 14.8. The molecule has 1 atom stereocenters. The van der Waals surface area contributed by atoms with Gasteiger partial charge in [0, 0.05) is 22.9 Å². The Bertz CT molecular complexity index is 813.